The average molecular weight is 419 g/mol. The van der Waals surface area contributed by atoms with Gasteiger partial charge in [0, 0.05) is 0 Å². The molecule has 3 heteroatoms. The van der Waals surface area contributed by atoms with E-state index in [9.17, 15) is 8.78 Å². The Hall–Kier alpha value is -1.38. The normalized spacial score (nSPS) is 27.5. The molecule has 2 aliphatic carbocycles. The van der Waals surface area contributed by atoms with E-state index in [0.717, 1.165) is 37.5 Å². The number of ether oxygens (including phenoxy) is 1. The van der Waals surface area contributed by atoms with E-state index >= 15 is 0 Å². The maximum absolute atomic E-state index is 14.5. The van der Waals surface area contributed by atoms with Crippen LogP contribution in [0.25, 0.3) is 0 Å². The van der Waals surface area contributed by atoms with Crippen molar-refractivity contribution in [1.29, 1.82) is 0 Å². The summed E-state index contributed by atoms with van der Waals surface area (Å²) >= 11 is 0. The largest absolute Gasteiger partial charge is 0.491 e. The van der Waals surface area contributed by atoms with Crippen molar-refractivity contribution < 1.29 is 13.5 Å². The first-order valence-electron chi connectivity index (χ1n) is 12.4. The molecule has 2 saturated carbocycles. The van der Waals surface area contributed by atoms with Gasteiger partial charge in [-0.2, -0.15) is 4.39 Å². The predicted molar refractivity (Wildman–Crippen MR) is 121 cm³/mol. The number of rotatable bonds is 9. The van der Waals surface area contributed by atoms with Crippen LogP contribution < -0.4 is 4.74 Å². The number of halogens is 2. The summed E-state index contributed by atoms with van der Waals surface area (Å²) in [6, 6.07) is 3.30. The van der Waals surface area contributed by atoms with Gasteiger partial charge in [0.25, 0.3) is 0 Å². The summed E-state index contributed by atoms with van der Waals surface area (Å²) in [6.45, 7) is 4.42. The Morgan fingerprint density at radius 3 is 2.17 bits per heavy atom. The van der Waals surface area contributed by atoms with Crippen LogP contribution in [0.2, 0.25) is 0 Å². The van der Waals surface area contributed by atoms with Crippen LogP contribution in [0.3, 0.4) is 0 Å². The zero-order valence-corrected chi connectivity index (χ0v) is 19.0. The fourth-order valence-corrected chi connectivity index (χ4v) is 5.59. The van der Waals surface area contributed by atoms with Crippen molar-refractivity contribution in [2.45, 2.75) is 96.8 Å². The average Bonchev–Trinajstić information content (AvgIpc) is 2.77. The predicted octanol–water partition coefficient (Wildman–Crippen LogP) is 8.58. The van der Waals surface area contributed by atoms with E-state index in [1.165, 1.54) is 51.4 Å². The van der Waals surface area contributed by atoms with Gasteiger partial charge in [0.2, 0.25) is 5.82 Å². The van der Waals surface area contributed by atoms with Crippen molar-refractivity contribution in [3.8, 4) is 5.75 Å². The quantitative estimate of drug-likeness (QED) is 0.365. The van der Waals surface area contributed by atoms with Gasteiger partial charge in [0.1, 0.15) is 0 Å². The molecule has 1 nitrogen and oxygen atoms in total. The van der Waals surface area contributed by atoms with E-state index in [1.54, 1.807) is 19.1 Å². The Labute approximate surface area is 182 Å². The fourth-order valence-electron chi connectivity index (χ4n) is 5.59. The lowest BCUT2D eigenvalue weighted by Gasteiger charge is -2.28. The molecule has 0 aliphatic heterocycles. The van der Waals surface area contributed by atoms with Gasteiger partial charge in [-0.3, -0.25) is 0 Å². The van der Waals surface area contributed by atoms with E-state index < -0.39 is 11.6 Å². The standard InChI is InChI=1S/C27H40F2O/c1-3-7-20-10-12-21(13-11-20)8-5-6-9-22-14-16-23(17-15-22)24-18-19-25(30-4-2)27(29)26(24)28/h6,9,18-23H,3-5,7-8,10-17H2,1-2H3/b9-6+. The molecule has 0 radical (unpaired) electrons. The SMILES string of the molecule is CCCC1CCC(CC/C=C/C2CCC(c3ccc(OCC)c(F)c3F)CC2)CC1. The first kappa shape index (κ1) is 23.3. The third kappa shape index (κ3) is 6.31. The van der Waals surface area contributed by atoms with Crippen molar-refractivity contribution in [3.63, 3.8) is 0 Å². The molecule has 0 spiro atoms. The third-order valence-electron chi connectivity index (χ3n) is 7.40. The van der Waals surface area contributed by atoms with Gasteiger partial charge >= 0.3 is 0 Å². The van der Waals surface area contributed by atoms with Crippen LogP contribution in [0.5, 0.6) is 5.75 Å². The van der Waals surface area contributed by atoms with Gasteiger partial charge in [-0.1, -0.05) is 63.7 Å². The summed E-state index contributed by atoms with van der Waals surface area (Å²) < 4.78 is 33.8. The van der Waals surface area contributed by atoms with Crippen LogP contribution in [-0.4, -0.2) is 6.61 Å². The van der Waals surface area contributed by atoms with E-state index in [0.29, 0.717) is 18.1 Å². The van der Waals surface area contributed by atoms with Crippen molar-refractivity contribution in [3.05, 3.63) is 41.5 Å². The molecule has 2 fully saturated rings. The highest BCUT2D eigenvalue weighted by Gasteiger charge is 2.26. The fraction of sp³-hybridized carbons (Fsp3) is 0.704. The number of benzene rings is 1. The zero-order chi connectivity index (χ0) is 21.3. The summed E-state index contributed by atoms with van der Waals surface area (Å²) in [5.41, 5.74) is 0.525. The van der Waals surface area contributed by atoms with Crippen LogP contribution >= 0.6 is 0 Å². The van der Waals surface area contributed by atoms with E-state index in [4.69, 9.17) is 4.74 Å². The number of hydrogen-bond acceptors (Lipinski definition) is 1. The molecule has 168 valence electrons. The second kappa shape index (κ2) is 11.9. The van der Waals surface area contributed by atoms with Gasteiger partial charge < -0.3 is 4.74 Å². The van der Waals surface area contributed by atoms with Gasteiger partial charge in [-0.05, 0) is 80.8 Å². The highest BCUT2D eigenvalue weighted by atomic mass is 19.2. The van der Waals surface area contributed by atoms with Gasteiger partial charge in [0.15, 0.2) is 11.6 Å². The molecule has 1 aromatic carbocycles. The Morgan fingerprint density at radius 1 is 0.867 bits per heavy atom. The van der Waals surface area contributed by atoms with Crippen LogP contribution in [0, 0.1) is 29.4 Å². The smallest absolute Gasteiger partial charge is 0.200 e. The third-order valence-corrected chi connectivity index (χ3v) is 7.40. The summed E-state index contributed by atoms with van der Waals surface area (Å²) in [4.78, 5) is 0. The second-order valence-corrected chi connectivity index (χ2v) is 9.51. The lowest BCUT2D eigenvalue weighted by molar-refractivity contribution is 0.253. The molecule has 0 amide bonds. The zero-order valence-electron chi connectivity index (χ0n) is 19.0. The monoisotopic (exact) mass is 418 g/mol. The minimum absolute atomic E-state index is 0.0224. The van der Waals surface area contributed by atoms with E-state index in [2.05, 4.69) is 19.1 Å². The lowest BCUT2D eigenvalue weighted by atomic mass is 9.77. The van der Waals surface area contributed by atoms with Crippen molar-refractivity contribution in [1.82, 2.24) is 0 Å². The molecule has 0 unspecified atom stereocenters. The molecule has 0 atom stereocenters. The van der Waals surface area contributed by atoms with Crippen LogP contribution in [0.1, 0.15) is 102 Å². The lowest BCUT2D eigenvalue weighted by Crippen LogP contribution is -2.14. The second-order valence-electron chi connectivity index (χ2n) is 9.51. The van der Waals surface area contributed by atoms with Crippen LogP contribution in [0.4, 0.5) is 8.78 Å². The Balaban J connectivity index is 1.39. The maximum atomic E-state index is 14.5. The summed E-state index contributed by atoms with van der Waals surface area (Å²) in [5, 5.41) is 0. The van der Waals surface area contributed by atoms with Crippen molar-refractivity contribution in [2.75, 3.05) is 6.61 Å². The number of allylic oxidation sites excluding steroid dienone is 2. The molecular weight excluding hydrogens is 378 g/mol. The topological polar surface area (TPSA) is 9.23 Å². The first-order chi connectivity index (χ1) is 14.6. The summed E-state index contributed by atoms with van der Waals surface area (Å²) in [7, 11) is 0. The molecule has 30 heavy (non-hydrogen) atoms. The molecule has 0 heterocycles. The van der Waals surface area contributed by atoms with Crippen LogP contribution in [0.15, 0.2) is 24.3 Å². The highest BCUT2D eigenvalue weighted by molar-refractivity contribution is 5.33. The molecule has 0 aromatic heterocycles. The minimum Gasteiger partial charge on any atom is -0.491 e. The van der Waals surface area contributed by atoms with Crippen molar-refractivity contribution >= 4 is 0 Å². The van der Waals surface area contributed by atoms with Gasteiger partial charge in [-0.25, -0.2) is 4.39 Å². The molecule has 2 aliphatic rings. The van der Waals surface area contributed by atoms with Crippen LogP contribution in [-0.2, 0) is 0 Å². The molecule has 0 bridgehead atoms. The highest BCUT2D eigenvalue weighted by Crippen LogP contribution is 2.39. The molecule has 0 N–H and O–H groups in total. The van der Waals surface area contributed by atoms with E-state index in [1.807, 2.05) is 0 Å². The number of hydrogen-bond donors (Lipinski definition) is 0. The molecule has 3 rings (SSSR count). The molecule has 0 saturated heterocycles. The van der Waals surface area contributed by atoms with Crippen molar-refractivity contribution in [2.24, 2.45) is 17.8 Å². The summed E-state index contributed by atoms with van der Waals surface area (Å²) in [5.74, 6) is 1.11. The molecular formula is C27H40F2O. The minimum atomic E-state index is -0.833. The molecule has 1 aromatic rings. The Kier molecular flexibility index (Phi) is 9.21. The first-order valence-corrected chi connectivity index (χ1v) is 12.4. The van der Waals surface area contributed by atoms with E-state index in [-0.39, 0.29) is 11.7 Å². The maximum Gasteiger partial charge on any atom is 0.200 e. The van der Waals surface area contributed by atoms with Gasteiger partial charge in [-0.15, -0.1) is 0 Å². The Morgan fingerprint density at radius 2 is 1.53 bits per heavy atom. The Bertz CT molecular complexity index is 668. The summed E-state index contributed by atoms with van der Waals surface area (Å²) in [6.07, 6.45) is 19.8. The van der Waals surface area contributed by atoms with Gasteiger partial charge in [0.05, 0.1) is 6.61 Å².